The number of aliphatic carboxylic acids is 1. The summed E-state index contributed by atoms with van der Waals surface area (Å²) in [6.07, 6.45) is -0.363. The second-order valence-corrected chi connectivity index (χ2v) is 3.83. The summed E-state index contributed by atoms with van der Waals surface area (Å²) < 4.78 is 0. The minimum absolute atomic E-state index is 0.160. The number of hydrogen-bond acceptors (Lipinski definition) is 3. The highest BCUT2D eigenvalue weighted by molar-refractivity contribution is 6.31. The highest BCUT2D eigenvalue weighted by atomic mass is 35.5. The van der Waals surface area contributed by atoms with Crippen molar-refractivity contribution in [3.8, 4) is 5.75 Å². The van der Waals surface area contributed by atoms with Gasteiger partial charge in [0, 0.05) is 5.56 Å². The number of carbonyl (C=O) groups excluding carboxylic acids is 1. The van der Waals surface area contributed by atoms with Gasteiger partial charge in [-0.2, -0.15) is 0 Å². The minimum Gasteiger partial charge on any atom is -0.508 e. The zero-order chi connectivity index (χ0) is 12.3. The molecule has 0 aliphatic rings. The molecule has 0 aliphatic carbocycles. The Morgan fingerprint density at radius 1 is 1.44 bits per heavy atom. The van der Waals surface area contributed by atoms with E-state index in [2.05, 4.69) is 0 Å². The van der Waals surface area contributed by atoms with Gasteiger partial charge in [-0.15, -0.1) is 11.6 Å². The van der Waals surface area contributed by atoms with Crippen LogP contribution < -0.4 is 0 Å². The number of carboxylic acids is 1. The summed E-state index contributed by atoms with van der Waals surface area (Å²) in [5, 5.41) is 17.3. The van der Waals surface area contributed by atoms with Crippen LogP contribution in [0.15, 0.2) is 18.2 Å². The van der Waals surface area contributed by atoms with Crippen LogP contribution >= 0.6 is 11.6 Å². The van der Waals surface area contributed by atoms with Crippen LogP contribution in [-0.2, 0) is 16.0 Å². The molecule has 1 unspecified atom stereocenters. The maximum Gasteiger partial charge on any atom is 0.307 e. The number of halogens is 1. The largest absolute Gasteiger partial charge is 0.508 e. The molecule has 0 saturated carbocycles. The van der Waals surface area contributed by atoms with Crippen molar-refractivity contribution in [3.63, 3.8) is 0 Å². The van der Waals surface area contributed by atoms with Crippen LogP contribution in [0.4, 0.5) is 0 Å². The molecule has 4 nitrogen and oxygen atoms in total. The van der Waals surface area contributed by atoms with Crippen molar-refractivity contribution in [1.82, 2.24) is 0 Å². The Hall–Kier alpha value is -1.55. The molecule has 1 rings (SSSR count). The molecule has 1 atom stereocenters. The van der Waals surface area contributed by atoms with Gasteiger partial charge in [0.25, 0.3) is 0 Å². The van der Waals surface area contributed by atoms with Crippen molar-refractivity contribution in [2.24, 2.45) is 0 Å². The molecule has 0 saturated heterocycles. The van der Waals surface area contributed by atoms with Crippen LogP contribution in [0, 0.1) is 0 Å². The first-order chi connectivity index (χ1) is 7.43. The number of aromatic hydroxyl groups is 1. The van der Waals surface area contributed by atoms with Crippen LogP contribution in [0.25, 0.3) is 0 Å². The number of Topliss-reactive ketones (excluding diaryl/α,β-unsaturated/α-hetero) is 1. The van der Waals surface area contributed by atoms with Gasteiger partial charge < -0.3 is 10.2 Å². The van der Waals surface area contributed by atoms with Gasteiger partial charge in [-0.1, -0.05) is 12.1 Å². The number of alkyl halides is 1. The van der Waals surface area contributed by atoms with Crippen LogP contribution in [0.3, 0.4) is 0 Å². The molecule has 5 heteroatoms. The van der Waals surface area contributed by atoms with Gasteiger partial charge >= 0.3 is 5.97 Å². The Kier molecular flexibility index (Phi) is 3.90. The number of carbonyl (C=O) groups is 2. The number of rotatable bonds is 4. The third-order valence-electron chi connectivity index (χ3n) is 2.15. The van der Waals surface area contributed by atoms with E-state index in [1.807, 2.05) is 0 Å². The van der Waals surface area contributed by atoms with Crippen molar-refractivity contribution in [1.29, 1.82) is 0 Å². The van der Waals surface area contributed by atoms with E-state index in [4.69, 9.17) is 16.7 Å². The number of phenols is 1. The quantitative estimate of drug-likeness (QED) is 0.791. The lowest BCUT2D eigenvalue weighted by atomic mass is 9.99. The van der Waals surface area contributed by atoms with Crippen molar-refractivity contribution in [2.75, 3.05) is 0 Å². The number of hydrogen-bond donors (Lipinski definition) is 2. The molecule has 1 aromatic rings. The van der Waals surface area contributed by atoms with Gasteiger partial charge in [-0.3, -0.25) is 9.59 Å². The van der Waals surface area contributed by atoms with Crippen molar-refractivity contribution < 1.29 is 19.8 Å². The molecule has 1 aromatic carbocycles. The van der Waals surface area contributed by atoms with Crippen LogP contribution in [0.2, 0.25) is 0 Å². The lowest BCUT2D eigenvalue weighted by molar-refractivity contribution is -0.136. The third kappa shape index (κ3) is 2.73. The molecule has 0 fully saturated rings. The first kappa shape index (κ1) is 12.5. The topological polar surface area (TPSA) is 74.6 Å². The minimum atomic E-state index is -1.09. The second-order valence-electron chi connectivity index (χ2n) is 3.39. The van der Waals surface area contributed by atoms with Gasteiger partial charge in [0.2, 0.25) is 0 Å². The second kappa shape index (κ2) is 4.99. The molecule has 0 radical (unpaired) electrons. The summed E-state index contributed by atoms with van der Waals surface area (Å²) in [5.41, 5.74) is 0.529. The molecular weight excluding hydrogens is 232 g/mol. The molecule has 0 bridgehead atoms. The normalized spacial score (nSPS) is 12.1. The van der Waals surface area contributed by atoms with E-state index in [1.165, 1.54) is 25.1 Å². The Morgan fingerprint density at radius 2 is 2.06 bits per heavy atom. The molecule has 0 aliphatic heterocycles. The first-order valence-electron chi connectivity index (χ1n) is 4.60. The summed E-state index contributed by atoms with van der Waals surface area (Å²) >= 11 is 5.85. The molecule has 0 amide bonds. The van der Waals surface area contributed by atoms with Crippen molar-refractivity contribution >= 4 is 23.4 Å². The molecular formula is C11H11ClO4. The first-order valence-corrected chi connectivity index (χ1v) is 5.04. The fourth-order valence-electron chi connectivity index (χ4n) is 1.39. The van der Waals surface area contributed by atoms with Crippen LogP contribution in [0.5, 0.6) is 5.75 Å². The summed E-state index contributed by atoms with van der Waals surface area (Å²) in [6, 6.07) is 4.43. The molecule has 86 valence electrons. The SMILES string of the molecule is CC(=O)C(Cl)c1cccc(O)c1CC(=O)O. The lowest BCUT2D eigenvalue weighted by Gasteiger charge is -2.12. The fourth-order valence-corrected chi connectivity index (χ4v) is 1.60. The molecule has 2 N–H and O–H groups in total. The highest BCUT2D eigenvalue weighted by Crippen LogP contribution is 2.30. The van der Waals surface area contributed by atoms with Gasteiger partial charge in [0.15, 0.2) is 5.78 Å². The Labute approximate surface area is 97.5 Å². The van der Waals surface area contributed by atoms with E-state index in [-0.39, 0.29) is 23.5 Å². The molecule has 0 aromatic heterocycles. The van der Waals surface area contributed by atoms with Gasteiger partial charge in [0.05, 0.1) is 6.42 Å². The number of phenolic OH excluding ortho intramolecular Hbond substituents is 1. The number of ketones is 1. The van der Waals surface area contributed by atoms with E-state index in [9.17, 15) is 14.7 Å². The average Bonchev–Trinajstić information content (AvgIpc) is 2.19. The lowest BCUT2D eigenvalue weighted by Crippen LogP contribution is -2.09. The molecule has 0 heterocycles. The maximum atomic E-state index is 11.1. The zero-order valence-corrected chi connectivity index (χ0v) is 9.36. The van der Waals surface area contributed by atoms with E-state index in [0.717, 1.165) is 0 Å². The van der Waals surface area contributed by atoms with Crippen LogP contribution in [-0.4, -0.2) is 22.0 Å². The van der Waals surface area contributed by atoms with Crippen molar-refractivity contribution in [3.05, 3.63) is 29.3 Å². The predicted molar refractivity (Wildman–Crippen MR) is 58.7 cm³/mol. The fraction of sp³-hybridized carbons (Fsp3) is 0.273. The van der Waals surface area contributed by atoms with Gasteiger partial charge in [-0.25, -0.2) is 0 Å². The molecule has 0 spiro atoms. The Morgan fingerprint density at radius 3 is 2.56 bits per heavy atom. The van der Waals surface area contributed by atoms with E-state index in [1.54, 1.807) is 0 Å². The molecule has 16 heavy (non-hydrogen) atoms. The third-order valence-corrected chi connectivity index (χ3v) is 2.69. The Balaban J connectivity index is 3.22. The number of carboxylic acid groups (broad SMARTS) is 1. The summed E-state index contributed by atoms with van der Waals surface area (Å²) in [5.74, 6) is -1.54. The van der Waals surface area contributed by atoms with E-state index in [0.29, 0.717) is 5.56 Å². The number of benzene rings is 1. The smallest absolute Gasteiger partial charge is 0.307 e. The van der Waals surface area contributed by atoms with E-state index < -0.39 is 11.3 Å². The Bertz CT molecular complexity index is 428. The summed E-state index contributed by atoms with van der Waals surface area (Å²) in [7, 11) is 0. The van der Waals surface area contributed by atoms with E-state index >= 15 is 0 Å². The standard InChI is InChI=1S/C11H11ClO4/c1-6(13)11(12)7-3-2-4-9(14)8(7)5-10(15)16/h2-4,11,14H,5H2,1H3,(H,15,16). The van der Waals surface area contributed by atoms with Crippen molar-refractivity contribution in [2.45, 2.75) is 18.7 Å². The zero-order valence-electron chi connectivity index (χ0n) is 8.61. The van der Waals surface area contributed by atoms with Gasteiger partial charge in [0.1, 0.15) is 11.1 Å². The summed E-state index contributed by atoms with van der Waals surface area (Å²) in [4.78, 5) is 21.8. The highest BCUT2D eigenvalue weighted by Gasteiger charge is 2.20. The predicted octanol–water partition coefficient (Wildman–Crippen LogP) is 1.89. The summed E-state index contributed by atoms with van der Waals surface area (Å²) in [6.45, 7) is 1.31. The average molecular weight is 243 g/mol. The monoisotopic (exact) mass is 242 g/mol. The maximum absolute atomic E-state index is 11.1. The van der Waals surface area contributed by atoms with Crippen LogP contribution in [0.1, 0.15) is 23.4 Å². The van der Waals surface area contributed by atoms with Gasteiger partial charge in [-0.05, 0) is 18.6 Å².